The molecule has 114 valence electrons. The third-order valence-electron chi connectivity index (χ3n) is 4.50. The van der Waals surface area contributed by atoms with Crippen molar-refractivity contribution in [1.82, 2.24) is 10.2 Å². The highest BCUT2D eigenvalue weighted by molar-refractivity contribution is 5.57. The molecule has 1 aromatic rings. The highest BCUT2D eigenvalue weighted by Crippen LogP contribution is 2.49. The first-order chi connectivity index (χ1) is 10.1. The molecule has 1 saturated heterocycles. The summed E-state index contributed by atoms with van der Waals surface area (Å²) in [6.07, 6.45) is 2.27. The van der Waals surface area contributed by atoms with E-state index in [9.17, 15) is 15.2 Å². The molecular weight excluding hydrogens is 270 g/mol. The molecule has 0 unspecified atom stereocenters. The van der Waals surface area contributed by atoms with Crippen LogP contribution < -0.4 is 5.32 Å². The molecule has 1 aliphatic carbocycles. The second kappa shape index (κ2) is 5.61. The number of aromatic hydroxyl groups is 1. The first-order valence-corrected chi connectivity index (χ1v) is 7.51. The van der Waals surface area contributed by atoms with Gasteiger partial charge in [0.1, 0.15) is 0 Å². The zero-order chi connectivity index (χ0) is 15.0. The van der Waals surface area contributed by atoms with Gasteiger partial charge in [-0.25, -0.2) is 0 Å². The van der Waals surface area contributed by atoms with Crippen LogP contribution in [0.25, 0.3) is 0 Å². The number of phenols is 1. The molecule has 1 heterocycles. The van der Waals surface area contributed by atoms with Crippen molar-refractivity contribution in [3.8, 4) is 5.75 Å². The summed E-state index contributed by atoms with van der Waals surface area (Å²) in [6.45, 7) is 5.36. The molecular formula is C15H21N3O3. The van der Waals surface area contributed by atoms with Gasteiger partial charge in [0.15, 0.2) is 5.75 Å². The minimum absolute atomic E-state index is 0.103. The first kappa shape index (κ1) is 14.3. The lowest BCUT2D eigenvalue weighted by Crippen LogP contribution is -2.45. The van der Waals surface area contributed by atoms with E-state index >= 15 is 0 Å². The van der Waals surface area contributed by atoms with Crippen LogP contribution >= 0.6 is 0 Å². The van der Waals surface area contributed by atoms with E-state index in [0.29, 0.717) is 11.5 Å². The van der Waals surface area contributed by atoms with Gasteiger partial charge in [0.25, 0.3) is 0 Å². The monoisotopic (exact) mass is 291 g/mol. The number of hydrogen-bond acceptors (Lipinski definition) is 5. The maximum Gasteiger partial charge on any atom is 0.313 e. The molecule has 0 amide bonds. The Balaban J connectivity index is 1.99. The van der Waals surface area contributed by atoms with Crippen molar-refractivity contribution >= 4 is 5.69 Å². The van der Waals surface area contributed by atoms with E-state index in [2.05, 4.69) is 10.2 Å². The number of aryl methyl sites for hydroxylation is 1. The highest BCUT2D eigenvalue weighted by atomic mass is 16.6. The van der Waals surface area contributed by atoms with Crippen molar-refractivity contribution in [2.24, 2.45) is 5.92 Å². The number of hydrogen-bond donors (Lipinski definition) is 2. The number of rotatable bonds is 4. The normalized spacial score (nSPS) is 21.2. The Hall–Kier alpha value is -1.66. The molecule has 3 rings (SSSR count). The molecule has 0 bridgehead atoms. The van der Waals surface area contributed by atoms with Crippen molar-refractivity contribution < 1.29 is 10.0 Å². The SMILES string of the molecule is Cc1ccc([C@@H](C2CC2)N2CCNCC2)c(O)c1[N+](=O)[O-]. The Morgan fingerprint density at radius 1 is 1.38 bits per heavy atom. The number of nitrogens with zero attached hydrogens (tertiary/aromatic N) is 2. The fraction of sp³-hybridized carbons (Fsp3) is 0.600. The average molecular weight is 291 g/mol. The lowest BCUT2D eigenvalue weighted by atomic mass is 9.96. The summed E-state index contributed by atoms with van der Waals surface area (Å²) in [6, 6.07) is 3.72. The zero-order valence-corrected chi connectivity index (χ0v) is 12.2. The summed E-state index contributed by atoms with van der Waals surface area (Å²) < 4.78 is 0. The predicted octanol–water partition coefficient (Wildman–Crippen LogP) is 1.97. The molecule has 1 aliphatic heterocycles. The molecule has 21 heavy (non-hydrogen) atoms. The molecule has 1 saturated carbocycles. The Kier molecular flexibility index (Phi) is 3.82. The fourth-order valence-electron chi connectivity index (χ4n) is 3.29. The van der Waals surface area contributed by atoms with E-state index in [1.165, 1.54) is 0 Å². The van der Waals surface area contributed by atoms with Crippen LogP contribution in [-0.2, 0) is 0 Å². The van der Waals surface area contributed by atoms with E-state index in [4.69, 9.17) is 0 Å². The third-order valence-corrected chi connectivity index (χ3v) is 4.50. The third kappa shape index (κ3) is 2.73. The predicted molar refractivity (Wildman–Crippen MR) is 79.4 cm³/mol. The lowest BCUT2D eigenvalue weighted by molar-refractivity contribution is -0.386. The van der Waals surface area contributed by atoms with Crippen LogP contribution in [0.1, 0.15) is 30.0 Å². The summed E-state index contributed by atoms with van der Waals surface area (Å²) in [5.74, 6) is 0.367. The van der Waals surface area contributed by atoms with Crippen LogP contribution in [0.5, 0.6) is 5.75 Å². The average Bonchev–Trinajstić information content (AvgIpc) is 3.27. The Morgan fingerprint density at radius 2 is 2.05 bits per heavy atom. The van der Waals surface area contributed by atoms with Gasteiger partial charge < -0.3 is 10.4 Å². The fourth-order valence-corrected chi connectivity index (χ4v) is 3.29. The minimum Gasteiger partial charge on any atom is -0.502 e. The van der Waals surface area contributed by atoms with Gasteiger partial charge in [0.05, 0.1) is 4.92 Å². The molecule has 2 aliphatic rings. The Bertz CT molecular complexity index is 551. The van der Waals surface area contributed by atoms with Gasteiger partial charge in [0.2, 0.25) is 0 Å². The molecule has 2 fully saturated rings. The number of benzene rings is 1. The summed E-state index contributed by atoms with van der Waals surface area (Å²) in [5.41, 5.74) is 1.08. The van der Waals surface area contributed by atoms with Gasteiger partial charge in [-0.2, -0.15) is 0 Å². The van der Waals surface area contributed by atoms with Crippen molar-refractivity contribution in [3.05, 3.63) is 33.4 Å². The van der Waals surface area contributed by atoms with Crippen molar-refractivity contribution in [1.29, 1.82) is 0 Å². The van der Waals surface area contributed by atoms with E-state index in [1.54, 1.807) is 13.0 Å². The van der Waals surface area contributed by atoms with E-state index in [0.717, 1.165) is 44.6 Å². The first-order valence-electron chi connectivity index (χ1n) is 7.51. The second-order valence-electron chi connectivity index (χ2n) is 5.99. The van der Waals surface area contributed by atoms with Gasteiger partial charge in [-0.05, 0) is 25.7 Å². The van der Waals surface area contributed by atoms with E-state index in [1.807, 2.05) is 6.07 Å². The highest BCUT2D eigenvalue weighted by Gasteiger charge is 2.39. The van der Waals surface area contributed by atoms with Crippen LogP contribution in [-0.4, -0.2) is 41.1 Å². The summed E-state index contributed by atoms with van der Waals surface area (Å²) in [4.78, 5) is 13.1. The Morgan fingerprint density at radius 3 is 2.62 bits per heavy atom. The summed E-state index contributed by atoms with van der Waals surface area (Å²) >= 11 is 0. The Labute approximate surface area is 123 Å². The van der Waals surface area contributed by atoms with Crippen LogP contribution in [0, 0.1) is 23.0 Å². The van der Waals surface area contributed by atoms with Gasteiger partial charge >= 0.3 is 5.69 Å². The van der Waals surface area contributed by atoms with Gasteiger partial charge in [-0.15, -0.1) is 0 Å². The molecule has 1 atom stereocenters. The number of piperazine rings is 1. The minimum atomic E-state index is -0.476. The molecule has 0 aromatic heterocycles. The van der Waals surface area contributed by atoms with Crippen LogP contribution in [0.2, 0.25) is 0 Å². The van der Waals surface area contributed by atoms with Crippen molar-refractivity contribution in [2.75, 3.05) is 26.2 Å². The number of nitrogens with one attached hydrogen (secondary N) is 1. The quantitative estimate of drug-likeness (QED) is 0.655. The molecule has 6 heteroatoms. The zero-order valence-electron chi connectivity index (χ0n) is 12.2. The van der Waals surface area contributed by atoms with Crippen LogP contribution in [0.4, 0.5) is 5.69 Å². The van der Waals surface area contributed by atoms with Crippen LogP contribution in [0.15, 0.2) is 12.1 Å². The number of phenolic OH excluding ortho intramolecular Hbond substituents is 1. The molecule has 0 spiro atoms. The standard InChI is InChI=1S/C15H21N3O3/c1-10-2-5-12(15(19)13(10)18(20)21)14(11-3-4-11)17-8-6-16-7-9-17/h2,5,11,14,16,19H,3-4,6-9H2,1H3/t14-/m1/s1. The van der Waals surface area contributed by atoms with Gasteiger partial charge in [-0.3, -0.25) is 15.0 Å². The van der Waals surface area contributed by atoms with Crippen molar-refractivity contribution in [2.45, 2.75) is 25.8 Å². The smallest absolute Gasteiger partial charge is 0.313 e. The van der Waals surface area contributed by atoms with Crippen LogP contribution in [0.3, 0.4) is 0 Å². The topological polar surface area (TPSA) is 78.6 Å². The maximum atomic E-state index is 11.2. The molecule has 2 N–H and O–H groups in total. The molecule has 1 aromatic carbocycles. The van der Waals surface area contributed by atoms with E-state index in [-0.39, 0.29) is 17.5 Å². The molecule has 6 nitrogen and oxygen atoms in total. The molecule has 0 radical (unpaired) electrons. The summed E-state index contributed by atoms with van der Waals surface area (Å²) in [5, 5.41) is 25.0. The largest absolute Gasteiger partial charge is 0.502 e. The van der Waals surface area contributed by atoms with Crippen molar-refractivity contribution in [3.63, 3.8) is 0 Å². The lowest BCUT2D eigenvalue weighted by Gasteiger charge is -2.35. The second-order valence-corrected chi connectivity index (χ2v) is 5.99. The van der Waals surface area contributed by atoms with Gasteiger partial charge in [0, 0.05) is 43.3 Å². The van der Waals surface area contributed by atoms with Gasteiger partial charge in [-0.1, -0.05) is 12.1 Å². The summed E-state index contributed by atoms with van der Waals surface area (Å²) in [7, 11) is 0. The number of nitro groups is 1. The maximum absolute atomic E-state index is 11.2. The van der Waals surface area contributed by atoms with E-state index < -0.39 is 4.92 Å². The number of nitro benzene ring substituents is 1.